The number of aliphatic hydroxyl groups is 1. The minimum atomic E-state index is -0.371. The molecule has 2 atom stereocenters. The highest BCUT2D eigenvalue weighted by atomic mass is 16.5. The summed E-state index contributed by atoms with van der Waals surface area (Å²) in [5, 5.41) is 9.69. The first-order valence-corrected chi connectivity index (χ1v) is 6.34. The van der Waals surface area contributed by atoms with Gasteiger partial charge < -0.3 is 14.6 Å². The zero-order chi connectivity index (χ0) is 12.8. The summed E-state index contributed by atoms with van der Waals surface area (Å²) in [5.74, 6) is 0. The van der Waals surface area contributed by atoms with E-state index in [0.717, 1.165) is 13.1 Å². The second-order valence-corrected chi connectivity index (χ2v) is 4.64. The van der Waals surface area contributed by atoms with E-state index in [1.807, 2.05) is 18.2 Å². The number of methoxy groups -OCH3 is 1. The molecule has 0 unspecified atom stereocenters. The topological polar surface area (TPSA) is 41.9 Å². The maximum atomic E-state index is 9.69. The Morgan fingerprint density at radius 1 is 1.28 bits per heavy atom. The van der Waals surface area contributed by atoms with Crippen molar-refractivity contribution in [3.8, 4) is 0 Å². The molecular weight excluding hydrogens is 230 g/mol. The normalized spacial score (nSPS) is 24.6. The number of hydrogen-bond acceptors (Lipinski definition) is 4. The van der Waals surface area contributed by atoms with Crippen molar-refractivity contribution in [1.29, 1.82) is 0 Å². The van der Waals surface area contributed by atoms with Gasteiger partial charge in [-0.05, 0) is 5.56 Å². The van der Waals surface area contributed by atoms with E-state index in [0.29, 0.717) is 19.8 Å². The second-order valence-electron chi connectivity index (χ2n) is 4.64. The Morgan fingerprint density at radius 3 is 2.72 bits per heavy atom. The summed E-state index contributed by atoms with van der Waals surface area (Å²) in [6.45, 7) is 3.62. The average molecular weight is 251 g/mol. The molecule has 0 saturated carbocycles. The summed E-state index contributed by atoms with van der Waals surface area (Å²) >= 11 is 0. The van der Waals surface area contributed by atoms with Crippen LogP contribution in [0.15, 0.2) is 30.3 Å². The lowest BCUT2D eigenvalue weighted by molar-refractivity contribution is 0.0214. The van der Waals surface area contributed by atoms with Gasteiger partial charge in [-0.3, -0.25) is 4.90 Å². The van der Waals surface area contributed by atoms with Crippen molar-refractivity contribution in [3.63, 3.8) is 0 Å². The molecule has 1 aromatic carbocycles. The maximum Gasteiger partial charge on any atom is 0.0969 e. The van der Waals surface area contributed by atoms with Crippen molar-refractivity contribution < 1.29 is 14.6 Å². The van der Waals surface area contributed by atoms with Crippen LogP contribution in [0.25, 0.3) is 0 Å². The fourth-order valence-corrected chi connectivity index (χ4v) is 2.20. The van der Waals surface area contributed by atoms with Crippen molar-refractivity contribution >= 4 is 0 Å². The molecule has 0 spiro atoms. The molecule has 100 valence electrons. The number of ether oxygens (including phenoxy) is 2. The van der Waals surface area contributed by atoms with Crippen molar-refractivity contribution in [3.05, 3.63) is 35.9 Å². The predicted octanol–water partition coefficient (Wildman–Crippen LogP) is 0.895. The van der Waals surface area contributed by atoms with E-state index < -0.39 is 0 Å². The first kappa shape index (κ1) is 13.5. The van der Waals surface area contributed by atoms with Gasteiger partial charge in [0, 0.05) is 26.7 Å². The van der Waals surface area contributed by atoms with E-state index in [-0.39, 0.29) is 12.2 Å². The number of likely N-dealkylation sites (tertiary alicyclic amines) is 1. The van der Waals surface area contributed by atoms with E-state index in [4.69, 9.17) is 9.47 Å². The van der Waals surface area contributed by atoms with Gasteiger partial charge in [0.15, 0.2) is 0 Å². The Bertz CT molecular complexity index is 344. The molecule has 4 heteroatoms. The van der Waals surface area contributed by atoms with Gasteiger partial charge >= 0.3 is 0 Å². The lowest BCUT2D eigenvalue weighted by Crippen LogP contribution is -2.26. The summed E-state index contributed by atoms with van der Waals surface area (Å²) < 4.78 is 10.8. The number of aliphatic hydroxyl groups excluding tert-OH is 1. The van der Waals surface area contributed by atoms with Gasteiger partial charge in [0.2, 0.25) is 0 Å². The van der Waals surface area contributed by atoms with Gasteiger partial charge in [0.1, 0.15) is 0 Å². The molecule has 1 aliphatic rings. The Hall–Kier alpha value is -0.940. The summed E-state index contributed by atoms with van der Waals surface area (Å²) in [6.07, 6.45) is -0.428. The van der Waals surface area contributed by atoms with Gasteiger partial charge in [-0.1, -0.05) is 30.3 Å². The molecule has 1 saturated heterocycles. The van der Waals surface area contributed by atoms with Gasteiger partial charge in [0.05, 0.1) is 25.4 Å². The van der Waals surface area contributed by atoms with E-state index in [2.05, 4.69) is 17.0 Å². The van der Waals surface area contributed by atoms with Crippen molar-refractivity contribution in [1.82, 2.24) is 4.90 Å². The van der Waals surface area contributed by atoms with Crippen LogP contribution in [-0.2, 0) is 16.1 Å². The van der Waals surface area contributed by atoms with Crippen LogP contribution in [-0.4, -0.2) is 55.6 Å². The Labute approximate surface area is 108 Å². The maximum absolute atomic E-state index is 9.69. The minimum absolute atomic E-state index is 0.0564. The number of rotatable bonds is 6. The third-order valence-corrected chi connectivity index (χ3v) is 3.28. The zero-order valence-corrected chi connectivity index (χ0v) is 10.8. The van der Waals surface area contributed by atoms with Crippen molar-refractivity contribution in [2.45, 2.75) is 18.8 Å². The molecule has 0 aliphatic carbocycles. The molecule has 0 radical (unpaired) electrons. The van der Waals surface area contributed by atoms with E-state index in [1.54, 1.807) is 7.11 Å². The predicted molar refractivity (Wildman–Crippen MR) is 69.3 cm³/mol. The summed E-state index contributed by atoms with van der Waals surface area (Å²) in [6, 6.07) is 10.1. The molecular formula is C14H21NO3. The Morgan fingerprint density at radius 2 is 2.06 bits per heavy atom. The molecule has 1 heterocycles. The molecule has 2 rings (SSSR count). The fraction of sp³-hybridized carbons (Fsp3) is 0.571. The van der Waals surface area contributed by atoms with Crippen LogP contribution in [0.5, 0.6) is 0 Å². The van der Waals surface area contributed by atoms with Crippen LogP contribution >= 0.6 is 0 Å². The van der Waals surface area contributed by atoms with Crippen LogP contribution in [0.4, 0.5) is 0 Å². The van der Waals surface area contributed by atoms with E-state index in [1.165, 1.54) is 5.56 Å². The molecule has 1 aromatic rings. The Balaban J connectivity index is 1.62. The third kappa shape index (κ3) is 3.78. The zero-order valence-electron chi connectivity index (χ0n) is 10.8. The van der Waals surface area contributed by atoms with Crippen LogP contribution < -0.4 is 0 Å². The second kappa shape index (κ2) is 6.85. The van der Waals surface area contributed by atoms with Crippen LogP contribution in [0.3, 0.4) is 0 Å². The van der Waals surface area contributed by atoms with Gasteiger partial charge in [-0.25, -0.2) is 0 Å². The quantitative estimate of drug-likeness (QED) is 0.763. The van der Waals surface area contributed by atoms with Gasteiger partial charge in [-0.15, -0.1) is 0 Å². The van der Waals surface area contributed by atoms with Crippen LogP contribution in [0.1, 0.15) is 5.56 Å². The molecule has 18 heavy (non-hydrogen) atoms. The number of nitrogens with zero attached hydrogens (tertiary/aromatic N) is 1. The fourth-order valence-electron chi connectivity index (χ4n) is 2.20. The summed E-state index contributed by atoms with van der Waals surface area (Å²) in [5.41, 5.74) is 1.19. The van der Waals surface area contributed by atoms with E-state index >= 15 is 0 Å². The smallest absolute Gasteiger partial charge is 0.0969 e. The highest BCUT2D eigenvalue weighted by Crippen LogP contribution is 2.12. The largest absolute Gasteiger partial charge is 0.389 e. The first-order valence-electron chi connectivity index (χ1n) is 6.34. The standard InChI is InChI=1S/C14H21NO3/c1-17-14-10-15(9-13(14)16)7-8-18-11-12-5-3-2-4-6-12/h2-6,13-14,16H,7-11H2,1H3/t13-,14-/m0/s1. The lowest BCUT2D eigenvalue weighted by atomic mass is 10.2. The summed E-state index contributed by atoms with van der Waals surface area (Å²) in [4.78, 5) is 2.17. The van der Waals surface area contributed by atoms with Gasteiger partial charge in [0.25, 0.3) is 0 Å². The molecule has 0 amide bonds. The van der Waals surface area contributed by atoms with Gasteiger partial charge in [-0.2, -0.15) is 0 Å². The van der Waals surface area contributed by atoms with Crippen molar-refractivity contribution in [2.75, 3.05) is 33.4 Å². The van der Waals surface area contributed by atoms with Crippen LogP contribution in [0.2, 0.25) is 0 Å². The Kier molecular flexibility index (Phi) is 5.13. The number of benzene rings is 1. The number of β-amino-alcohol motifs (C(OH)–C–C–N with tert-alkyl or cyclic N) is 1. The molecule has 0 aromatic heterocycles. The molecule has 4 nitrogen and oxygen atoms in total. The molecule has 0 bridgehead atoms. The summed E-state index contributed by atoms with van der Waals surface area (Å²) in [7, 11) is 1.64. The van der Waals surface area contributed by atoms with Crippen molar-refractivity contribution in [2.24, 2.45) is 0 Å². The molecule has 1 N–H and O–H groups in total. The lowest BCUT2D eigenvalue weighted by Gasteiger charge is -2.14. The number of hydrogen-bond donors (Lipinski definition) is 1. The molecule has 1 aliphatic heterocycles. The minimum Gasteiger partial charge on any atom is -0.389 e. The highest BCUT2D eigenvalue weighted by molar-refractivity contribution is 5.13. The SMILES string of the molecule is CO[C@H]1CN(CCOCc2ccccc2)C[C@@H]1O. The first-order chi connectivity index (χ1) is 8.79. The highest BCUT2D eigenvalue weighted by Gasteiger charge is 2.30. The van der Waals surface area contributed by atoms with Crippen LogP contribution in [0, 0.1) is 0 Å². The van der Waals surface area contributed by atoms with E-state index in [9.17, 15) is 5.11 Å². The third-order valence-electron chi connectivity index (χ3n) is 3.28. The molecule has 1 fully saturated rings. The monoisotopic (exact) mass is 251 g/mol. The average Bonchev–Trinajstić information content (AvgIpc) is 2.76.